The molecule has 3 aliphatic rings. The van der Waals surface area contributed by atoms with Gasteiger partial charge in [-0.3, -0.25) is 0 Å². The topological polar surface area (TPSA) is 0 Å². The van der Waals surface area contributed by atoms with E-state index in [0.717, 1.165) is 23.3 Å². The largest absolute Gasteiger partial charge is 0.115 e. The van der Waals surface area contributed by atoms with E-state index >= 15 is 0 Å². The van der Waals surface area contributed by atoms with Gasteiger partial charge >= 0.3 is 0 Å². The third-order valence-corrected chi connectivity index (χ3v) is 10.0. The molecule has 3 saturated carbocycles. The van der Waals surface area contributed by atoms with Crippen LogP contribution in [-0.2, 0) is 0 Å². The van der Waals surface area contributed by atoms with Crippen molar-refractivity contribution in [2.75, 3.05) is 0 Å². The molecule has 0 nitrogen and oxygen atoms in total. The lowest BCUT2D eigenvalue weighted by molar-refractivity contribution is -0.0990. The van der Waals surface area contributed by atoms with E-state index in [9.17, 15) is 0 Å². The van der Waals surface area contributed by atoms with Crippen LogP contribution in [0.5, 0.6) is 0 Å². The minimum Gasteiger partial charge on any atom is -0.115 e. The van der Waals surface area contributed by atoms with Crippen LogP contribution in [-0.4, -0.2) is 8.07 Å². The molecule has 3 aliphatic carbocycles. The Morgan fingerprint density at radius 2 is 1.86 bits per heavy atom. The fourth-order valence-corrected chi connectivity index (χ4v) is 8.10. The molecule has 3 fully saturated rings. The van der Waals surface area contributed by atoms with E-state index < -0.39 is 8.07 Å². The Morgan fingerprint density at radius 1 is 1.19 bits per heavy atom. The lowest BCUT2D eigenvalue weighted by atomic mass is 9.46. The fourth-order valence-electron chi connectivity index (χ4n) is 5.00. The van der Waals surface area contributed by atoms with Gasteiger partial charge in [-0.05, 0) is 48.1 Å². The van der Waals surface area contributed by atoms with Gasteiger partial charge in [-0.15, -0.1) is 6.42 Å². The van der Waals surface area contributed by atoms with Crippen molar-refractivity contribution in [1.82, 2.24) is 0 Å². The molecule has 0 saturated heterocycles. The Balaban J connectivity index is 1.75. The molecular weight excluding hydrogens is 268 g/mol. The Bertz CT molecular complexity index is 556. The first-order chi connectivity index (χ1) is 9.84. The summed E-state index contributed by atoms with van der Waals surface area (Å²) in [5, 5.41) is 1.57. The predicted molar refractivity (Wildman–Crippen MR) is 94.4 cm³/mol. The van der Waals surface area contributed by atoms with Crippen LogP contribution in [0.25, 0.3) is 0 Å². The minimum absolute atomic E-state index is 0.612. The molecule has 0 aliphatic heterocycles. The maximum atomic E-state index is 5.47. The van der Waals surface area contributed by atoms with E-state index in [1.165, 1.54) is 25.3 Å². The standard InChI is InChI=1S/C20H28Si/c1-6-15-7-11-18(12-8-15)21(4,5)14-16-9-10-17-13-19(16)20(17,2)3/h1,7-8,11-12,16-17,19H,9-10,13-14H2,2-5H3/t16?,17-,19-/m0/s1. The van der Waals surface area contributed by atoms with Gasteiger partial charge in [0.1, 0.15) is 0 Å². The van der Waals surface area contributed by atoms with E-state index in [0.29, 0.717) is 5.41 Å². The summed E-state index contributed by atoms with van der Waals surface area (Å²) in [6.07, 6.45) is 9.91. The zero-order valence-electron chi connectivity index (χ0n) is 13.9. The van der Waals surface area contributed by atoms with Crippen molar-refractivity contribution in [3.05, 3.63) is 29.8 Å². The first-order valence-electron chi connectivity index (χ1n) is 8.42. The highest BCUT2D eigenvalue weighted by Gasteiger charge is 2.54. The van der Waals surface area contributed by atoms with E-state index in [1.54, 1.807) is 5.19 Å². The van der Waals surface area contributed by atoms with Crippen LogP contribution in [0.15, 0.2) is 24.3 Å². The maximum absolute atomic E-state index is 5.47. The molecule has 1 heteroatoms. The Kier molecular flexibility index (Phi) is 3.57. The van der Waals surface area contributed by atoms with Gasteiger partial charge in [-0.25, -0.2) is 0 Å². The molecule has 2 bridgehead atoms. The number of hydrogen-bond donors (Lipinski definition) is 0. The van der Waals surface area contributed by atoms with Gasteiger partial charge in [0.05, 0.1) is 8.07 Å². The SMILES string of the molecule is C#Cc1ccc([Si](C)(C)CC2CC[C@H]3C[C@@H]2C3(C)C)cc1. The minimum atomic E-state index is -1.35. The number of benzene rings is 1. The van der Waals surface area contributed by atoms with E-state index in [1.807, 2.05) is 0 Å². The summed E-state index contributed by atoms with van der Waals surface area (Å²) >= 11 is 0. The van der Waals surface area contributed by atoms with E-state index in [4.69, 9.17) is 6.42 Å². The lowest BCUT2D eigenvalue weighted by Gasteiger charge is -2.61. The fraction of sp³-hybridized carbons (Fsp3) is 0.600. The summed E-state index contributed by atoms with van der Waals surface area (Å²) in [5.74, 6) is 5.68. The van der Waals surface area contributed by atoms with Gasteiger partial charge in [-0.1, -0.05) is 62.6 Å². The molecule has 0 spiro atoms. The smallest absolute Gasteiger partial charge is 0.0809 e. The number of hydrogen-bond acceptors (Lipinski definition) is 0. The average Bonchev–Trinajstić information content (AvgIpc) is 2.46. The molecule has 4 rings (SSSR count). The molecule has 0 aromatic heterocycles. The molecular formula is C20H28Si. The normalized spacial score (nSPS) is 30.3. The maximum Gasteiger partial charge on any atom is 0.0809 e. The van der Waals surface area contributed by atoms with Crippen molar-refractivity contribution < 1.29 is 0 Å². The van der Waals surface area contributed by atoms with Gasteiger partial charge < -0.3 is 0 Å². The van der Waals surface area contributed by atoms with Crippen molar-refractivity contribution >= 4 is 13.3 Å². The Labute approximate surface area is 131 Å². The quantitative estimate of drug-likeness (QED) is 0.562. The lowest BCUT2D eigenvalue weighted by Crippen LogP contribution is -2.55. The number of terminal acetylenes is 1. The van der Waals surface area contributed by atoms with Crippen molar-refractivity contribution in [3.8, 4) is 12.3 Å². The third kappa shape index (κ3) is 2.48. The van der Waals surface area contributed by atoms with Gasteiger partial charge in [0.2, 0.25) is 0 Å². The van der Waals surface area contributed by atoms with Gasteiger partial charge in [-0.2, -0.15) is 0 Å². The zero-order chi connectivity index (χ0) is 15.3. The van der Waals surface area contributed by atoms with Crippen LogP contribution >= 0.6 is 0 Å². The van der Waals surface area contributed by atoms with Gasteiger partial charge in [0, 0.05) is 5.56 Å². The van der Waals surface area contributed by atoms with Crippen LogP contribution in [0.4, 0.5) is 0 Å². The second-order valence-electron chi connectivity index (χ2n) is 8.51. The molecule has 0 heterocycles. The van der Waals surface area contributed by atoms with Crippen LogP contribution in [0.2, 0.25) is 19.1 Å². The van der Waals surface area contributed by atoms with Crippen molar-refractivity contribution in [3.63, 3.8) is 0 Å². The van der Waals surface area contributed by atoms with Crippen molar-refractivity contribution in [2.45, 2.75) is 52.2 Å². The van der Waals surface area contributed by atoms with E-state index in [2.05, 4.69) is 57.1 Å². The number of fused-ring (bicyclic) bond motifs is 2. The van der Waals surface area contributed by atoms with Crippen LogP contribution in [0.1, 0.15) is 38.7 Å². The summed E-state index contributed by atoms with van der Waals surface area (Å²) < 4.78 is 0. The summed E-state index contributed by atoms with van der Waals surface area (Å²) in [7, 11) is -1.35. The third-order valence-electron chi connectivity index (χ3n) is 6.61. The molecule has 112 valence electrons. The average molecular weight is 297 g/mol. The molecule has 0 N–H and O–H groups in total. The zero-order valence-corrected chi connectivity index (χ0v) is 14.9. The molecule has 1 aromatic carbocycles. The van der Waals surface area contributed by atoms with Crippen LogP contribution < -0.4 is 5.19 Å². The Hall–Kier alpha value is -1.00. The molecule has 1 aromatic rings. The molecule has 21 heavy (non-hydrogen) atoms. The molecule has 3 atom stereocenters. The Morgan fingerprint density at radius 3 is 2.38 bits per heavy atom. The highest BCUT2D eigenvalue weighted by molar-refractivity contribution is 6.89. The second-order valence-corrected chi connectivity index (χ2v) is 13.3. The first-order valence-corrected chi connectivity index (χ1v) is 11.6. The highest BCUT2D eigenvalue weighted by atomic mass is 28.3. The summed E-state index contributed by atoms with van der Waals surface area (Å²) in [6.45, 7) is 10.1. The highest BCUT2D eigenvalue weighted by Crippen LogP contribution is 2.62. The first kappa shape index (κ1) is 14.9. The van der Waals surface area contributed by atoms with Crippen molar-refractivity contribution in [1.29, 1.82) is 0 Å². The monoisotopic (exact) mass is 296 g/mol. The van der Waals surface area contributed by atoms with Crippen LogP contribution in [0, 0.1) is 35.5 Å². The van der Waals surface area contributed by atoms with Gasteiger partial charge in [0.25, 0.3) is 0 Å². The van der Waals surface area contributed by atoms with E-state index in [-0.39, 0.29) is 0 Å². The van der Waals surface area contributed by atoms with Gasteiger partial charge in [0.15, 0.2) is 0 Å². The number of rotatable bonds is 3. The molecule has 0 radical (unpaired) electrons. The molecule has 1 unspecified atom stereocenters. The summed E-state index contributed by atoms with van der Waals surface area (Å²) in [6, 6.07) is 10.3. The van der Waals surface area contributed by atoms with Crippen LogP contribution in [0.3, 0.4) is 0 Å². The summed E-state index contributed by atoms with van der Waals surface area (Å²) in [4.78, 5) is 0. The summed E-state index contributed by atoms with van der Waals surface area (Å²) in [5.41, 5.74) is 1.62. The second kappa shape index (κ2) is 5.02. The van der Waals surface area contributed by atoms with Crippen molar-refractivity contribution in [2.24, 2.45) is 23.2 Å². The molecule has 0 amide bonds. The predicted octanol–water partition coefficient (Wildman–Crippen LogP) is 4.66.